The monoisotopic (exact) mass is 247 g/mol. The van der Waals surface area contributed by atoms with Crippen LogP contribution in [-0.2, 0) is 0 Å². The minimum Gasteiger partial charge on any atom is -0.242 e. The first-order valence-electron chi connectivity index (χ1n) is 2.74. The summed E-state index contributed by atoms with van der Waals surface area (Å²) in [6, 6.07) is 0. The molecule has 11 heavy (non-hydrogen) atoms. The van der Waals surface area contributed by atoms with Crippen molar-refractivity contribution in [2.45, 2.75) is 0 Å². The molecule has 0 spiro atoms. The third kappa shape index (κ3) is 1.47. The summed E-state index contributed by atoms with van der Waals surface area (Å²) in [5.41, 5.74) is 2.68. The normalized spacial score (nSPS) is 10.3. The number of hydrogen-bond donors (Lipinski definition) is 0. The van der Waals surface area contributed by atoms with Gasteiger partial charge in [0, 0.05) is 5.38 Å². The molecule has 6 heteroatoms. The average Bonchev–Trinajstić information content (AvgIpc) is 2.55. The highest BCUT2D eigenvalue weighted by Crippen LogP contribution is 2.25. The van der Waals surface area contributed by atoms with E-state index in [2.05, 4.69) is 31.1 Å². The summed E-state index contributed by atoms with van der Waals surface area (Å²) in [5, 5.41) is 10.6. The molecule has 0 aromatic carbocycles. The SMILES string of the molecule is Brc1nnc(-c2cscn2)s1. The van der Waals surface area contributed by atoms with Crippen molar-refractivity contribution in [2.24, 2.45) is 0 Å². The molecule has 0 aliphatic rings. The van der Waals surface area contributed by atoms with Gasteiger partial charge in [-0.2, -0.15) is 0 Å². The van der Waals surface area contributed by atoms with Gasteiger partial charge in [-0.25, -0.2) is 4.98 Å². The smallest absolute Gasteiger partial charge is 0.183 e. The lowest BCUT2D eigenvalue weighted by molar-refractivity contribution is 1.07. The van der Waals surface area contributed by atoms with E-state index in [1.54, 1.807) is 16.8 Å². The molecule has 0 saturated heterocycles. The highest BCUT2D eigenvalue weighted by Gasteiger charge is 2.04. The van der Waals surface area contributed by atoms with Crippen LogP contribution in [0.5, 0.6) is 0 Å². The van der Waals surface area contributed by atoms with E-state index in [0.717, 1.165) is 14.6 Å². The molecule has 2 aromatic heterocycles. The van der Waals surface area contributed by atoms with Gasteiger partial charge in [-0.15, -0.1) is 21.5 Å². The van der Waals surface area contributed by atoms with Crippen molar-refractivity contribution in [2.75, 3.05) is 0 Å². The summed E-state index contributed by atoms with van der Waals surface area (Å²) >= 11 is 6.28. The lowest BCUT2D eigenvalue weighted by Gasteiger charge is -1.80. The van der Waals surface area contributed by atoms with E-state index in [1.807, 2.05) is 5.38 Å². The number of nitrogens with zero attached hydrogens (tertiary/aromatic N) is 3. The van der Waals surface area contributed by atoms with Gasteiger partial charge in [-0.3, -0.25) is 0 Å². The maximum atomic E-state index is 4.11. The molecule has 0 saturated carbocycles. The van der Waals surface area contributed by atoms with Crippen LogP contribution in [-0.4, -0.2) is 15.2 Å². The Morgan fingerprint density at radius 1 is 1.36 bits per heavy atom. The number of rotatable bonds is 1. The maximum absolute atomic E-state index is 4.11. The van der Waals surface area contributed by atoms with E-state index in [9.17, 15) is 0 Å². The molecule has 0 atom stereocenters. The van der Waals surface area contributed by atoms with Crippen LogP contribution in [0.1, 0.15) is 0 Å². The van der Waals surface area contributed by atoms with Crippen molar-refractivity contribution >= 4 is 38.6 Å². The van der Waals surface area contributed by atoms with Crippen LogP contribution >= 0.6 is 38.6 Å². The van der Waals surface area contributed by atoms with Crippen molar-refractivity contribution in [3.63, 3.8) is 0 Å². The molecule has 0 bridgehead atoms. The van der Waals surface area contributed by atoms with Crippen LogP contribution in [0.4, 0.5) is 0 Å². The fraction of sp³-hybridized carbons (Fsp3) is 0. The number of halogens is 1. The zero-order chi connectivity index (χ0) is 7.68. The van der Waals surface area contributed by atoms with Crippen molar-refractivity contribution in [1.29, 1.82) is 0 Å². The quantitative estimate of drug-likeness (QED) is 0.777. The first-order valence-corrected chi connectivity index (χ1v) is 5.29. The first-order chi connectivity index (χ1) is 5.36. The van der Waals surface area contributed by atoms with E-state index < -0.39 is 0 Å². The Morgan fingerprint density at radius 2 is 2.27 bits per heavy atom. The zero-order valence-electron chi connectivity index (χ0n) is 5.19. The lowest BCUT2D eigenvalue weighted by Crippen LogP contribution is -1.73. The fourth-order valence-corrected chi connectivity index (χ4v) is 2.32. The van der Waals surface area contributed by atoms with E-state index in [0.29, 0.717) is 0 Å². The second-order valence-corrected chi connectivity index (χ2v) is 4.71. The lowest BCUT2D eigenvalue weighted by atomic mass is 10.5. The Bertz CT molecular complexity index is 342. The first kappa shape index (κ1) is 7.33. The summed E-state index contributed by atoms with van der Waals surface area (Å²) in [4.78, 5) is 4.11. The standard InChI is InChI=1S/C5H2BrN3S2/c6-5-9-8-4(11-5)3-1-10-2-7-3/h1-2H. The minimum absolute atomic E-state index is 0.792. The Hall–Kier alpha value is -0.330. The Morgan fingerprint density at radius 3 is 2.82 bits per heavy atom. The molecule has 3 nitrogen and oxygen atoms in total. The molecular weight excluding hydrogens is 246 g/mol. The van der Waals surface area contributed by atoms with Gasteiger partial charge in [0.1, 0.15) is 5.69 Å². The summed E-state index contributed by atoms with van der Waals surface area (Å²) < 4.78 is 0.792. The Balaban J connectivity index is 2.45. The van der Waals surface area contributed by atoms with Crippen LogP contribution in [0.2, 0.25) is 0 Å². The van der Waals surface area contributed by atoms with E-state index in [1.165, 1.54) is 11.3 Å². The van der Waals surface area contributed by atoms with Crippen molar-refractivity contribution in [3.8, 4) is 10.7 Å². The van der Waals surface area contributed by atoms with Crippen LogP contribution < -0.4 is 0 Å². The van der Waals surface area contributed by atoms with Gasteiger partial charge in [-0.1, -0.05) is 11.3 Å². The molecule has 0 radical (unpaired) electrons. The molecule has 56 valence electrons. The molecule has 2 aromatic rings. The number of aromatic nitrogens is 3. The third-order valence-corrected chi connectivity index (χ3v) is 3.02. The van der Waals surface area contributed by atoms with Crippen LogP contribution in [0, 0.1) is 0 Å². The van der Waals surface area contributed by atoms with Gasteiger partial charge in [0.2, 0.25) is 0 Å². The molecule has 0 fully saturated rings. The predicted octanol–water partition coefficient (Wildman–Crippen LogP) is 2.42. The van der Waals surface area contributed by atoms with Crippen LogP contribution in [0.25, 0.3) is 10.7 Å². The Kier molecular flexibility index (Phi) is 1.97. The fourth-order valence-electron chi connectivity index (χ4n) is 0.627. The maximum Gasteiger partial charge on any atom is 0.183 e. The minimum atomic E-state index is 0.792. The third-order valence-electron chi connectivity index (χ3n) is 1.05. The van der Waals surface area contributed by atoms with Gasteiger partial charge in [0.05, 0.1) is 5.51 Å². The highest BCUT2D eigenvalue weighted by atomic mass is 79.9. The van der Waals surface area contributed by atoms with Crippen molar-refractivity contribution in [1.82, 2.24) is 15.2 Å². The topological polar surface area (TPSA) is 38.7 Å². The molecule has 0 aliphatic heterocycles. The van der Waals surface area contributed by atoms with Crippen LogP contribution in [0.3, 0.4) is 0 Å². The Labute approximate surface area is 79.3 Å². The average molecular weight is 248 g/mol. The van der Waals surface area contributed by atoms with E-state index in [-0.39, 0.29) is 0 Å². The summed E-state index contributed by atoms with van der Waals surface area (Å²) in [6.45, 7) is 0. The number of hydrogen-bond acceptors (Lipinski definition) is 5. The van der Waals surface area contributed by atoms with E-state index in [4.69, 9.17) is 0 Å². The highest BCUT2D eigenvalue weighted by molar-refractivity contribution is 9.11. The van der Waals surface area contributed by atoms with Crippen LogP contribution in [0.15, 0.2) is 14.8 Å². The van der Waals surface area contributed by atoms with Gasteiger partial charge >= 0.3 is 0 Å². The molecule has 0 N–H and O–H groups in total. The summed E-state index contributed by atoms with van der Waals surface area (Å²) in [7, 11) is 0. The molecule has 2 rings (SSSR count). The van der Waals surface area contributed by atoms with Crippen molar-refractivity contribution in [3.05, 3.63) is 14.8 Å². The zero-order valence-corrected chi connectivity index (χ0v) is 8.41. The molecule has 0 unspecified atom stereocenters. The molecule has 0 amide bonds. The molecular formula is C5H2BrN3S2. The van der Waals surface area contributed by atoms with Crippen molar-refractivity contribution < 1.29 is 0 Å². The van der Waals surface area contributed by atoms with Gasteiger partial charge < -0.3 is 0 Å². The van der Waals surface area contributed by atoms with Gasteiger partial charge in [0.25, 0.3) is 0 Å². The number of thiazole rings is 1. The summed E-state index contributed by atoms with van der Waals surface area (Å²) in [5.74, 6) is 0. The van der Waals surface area contributed by atoms with E-state index >= 15 is 0 Å². The van der Waals surface area contributed by atoms with Gasteiger partial charge in [0.15, 0.2) is 8.92 Å². The predicted molar refractivity (Wildman–Crippen MR) is 48.7 cm³/mol. The molecule has 2 heterocycles. The summed E-state index contributed by atoms with van der Waals surface area (Å²) in [6.07, 6.45) is 0. The largest absolute Gasteiger partial charge is 0.242 e. The second-order valence-electron chi connectivity index (χ2n) is 1.73. The van der Waals surface area contributed by atoms with Gasteiger partial charge in [-0.05, 0) is 15.9 Å². The molecule has 0 aliphatic carbocycles. The second kappa shape index (κ2) is 2.96.